The van der Waals surface area contributed by atoms with Crippen LogP contribution < -0.4 is 10.6 Å². The molecule has 5 heteroatoms. The summed E-state index contributed by atoms with van der Waals surface area (Å²) in [5.74, 6) is 0. The first-order valence-electron chi connectivity index (χ1n) is 5.88. The normalized spacial score (nSPS) is 10.1. The highest BCUT2D eigenvalue weighted by molar-refractivity contribution is 5.90. The molecule has 0 radical (unpaired) electrons. The van der Waals surface area contributed by atoms with E-state index in [9.17, 15) is 4.79 Å². The van der Waals surface area contributed by atoms with E-state index in [1.165, 1.54) is 0 Å². The zero-order valence-electron chi connectivity index (χ0n) is 10.9. The Labute approximate surface area is 107 Å². The maximum absolute atomic E-state index is 11.6. The summed E-state index contributed by atoms with van der Waals surface area (Å²) < 4.78 is 9.98. The lowest BCUT2D eigenvalue weighted by molar-refractivity contribution is 0.185. The molecule has 18 heavy (non-hydrogen) atoms. The number of ether oxygens (including phenoxy) is 2. The largest absolute Gasteiger partial charge is 0.385 e. The number of rotatable bonds is 7. The molecule has 0 fully saturated rings. The lowest BCUT2D eigenvalue weighted by atomic mass is 10.2. The number of para-hydroxylation sites is 1. The van der Waals surface area contributed by atoms with Gasteiger partial charge in [-0.05, 0) is 12.5 Å². The van der Waals surface area contributed by atoms with Crippen LogP contribution in [0.2, 0.25) is 0 Å². The number of benzene rings is 1. The molecule has 1 aromatic rings. The van der Waals surface area contributed by atoms with Crippen LogP contribution >= 0.6 is 0 Å². The van der Waals surface area contributed by atoms with Gasteiger partial charge in [-0.1, -0.05) is 18.2 Å². The lowest BCUT2D eigenvalue weighted by Crippen LogP contribution is -2.30. The Balaban J connectivity index is 2.43. The Bertz CT molecular complexity index is 369. The smallest absolute Gasteiger partial charge is 0.319 e. The fourth-order valence-electron chi connectivity index (χ4n) is 1.51. The molecule has 1 rings (SSSR count). The Morgan fingerprint density at radius 2 is 2.00 bits per heavy atom. The van der Waals surface area contributed by atoms with Gasteiger partial charge >= 0.3 is 6.03 Å². The van der Waals surface area contributed by atoms with Crippen molar-refractivity contribution < 1.29 is 14.3 Å². The van der Waals surface area contributed by atoms with Gasteiger partial charge in [0.25, 0.3) is 0 Å². The van der Waals surface area contributed by atoms with E-state index in [0.717, 1.165) is 17.7 Å². The van der Waals surface area contributed by atoms with Crippen molar-refractivity contribution in [2.75, 3.05) is 32.7 Å². The number of carbonyl (C=O) groups excluding carboxylic acids is 1. The number of anilines is 1. The zero-order chi connectivity index (χ0) is 13.2. The predicted octanol–water partition coefficient (Wildman–Crippen LogP) is 1.99. The molecule has 2 amide bonds. The quantitative estimate of drug-likeness (QED) is 0.730. The van der Waals surface area contributed by atoms with Crippen LogP contribution in [-0.2, 0) is 16.1 Å². The van der Waals surface area contributed by atoms with E-state index in [1.807, 2.05) is 24.3 Å². The average molecular weight is 252 g/mol. The molecule has 0 heterocycles. The molecule has 0 spiro atoms. The molecule has 100 valence electrons. The fourth-order valence-corrected chi connectivity index (χ4v) is 1.51. The van der Waals surface area contributed by atoms with Gasteiger partial charge in [0.15, 0.2) is 0 Å². The number of carbonyl (C=O) groups is 1. The Morgan fingerprint density at radius 1 is 1.22 bits per heavy atom. The van der Waals surface area contributed by atoms with Crippen molar-refractivity contribution in [1.29, 1.82) is 0 Å². The molecule has 5 nitrogen and oxygen atoms in total. The van der Waals surface area contributed by atoms with Crippen LogP contribution in [0.25, 0.3) is 0 Å². The van der Waals surface area contributed by atoms with E-state index in [-0.39, 0.29) is 6.03 Å². The van der Waals surface area contributed by atoms with E-state index in [4.69, 9.17) is 9.47 Å². The van der Waals surface area contributed by atoms with Crippen LogP contribution in [0.5, 0.6) is 0 Å². The molecule has 0 aliphatic carbocycles. The van der Waals surface area contributed by atoms with Crippen LogP contribution in [0.1, 0.15) is 12.0 Å². The number of urea groups is 1. The second-order valence-electron chi connectivity index (χ2n) is 3.82. The van der Waals surface area contributed by atoms with Crippen molar-refractivity contribution >= 4 is 11.7 Å². The van der Waals surface area contributed by atoms with Crippen molar-refractivity contribution in [3.05, 3.63) is 29.8 Å². The van der Waals surface area contributed by atoms with Gasteiger partial charge in [0.2, 0.25) is 0 Å². The summed E-state index contributed by atoms with van der Waals surface area (Å²) in [4.78, 5) is 11.6. The van der Waals surface area contributed by atoms with Gasteiger partial charge in [-0.3, -0.25) is 0 Å². The molecule has 0 unspecified atom stereocenters. The summed E-state index contributed by atoms with van der Waals surface area (Å²) >= 11 is 0. The number of hydrogen-bond acceptors (Lipinski definition) is 3. The second-order valence-corrected chi connectivity index (χ2v) is 3.82. The highest BCUT2D eigenvalue weighted by Crippen LogP contribution is 2.15. The number of hydrogen-bond donors (Lipinski definition) is 2. The summed E-state index contributed by atoms with van der Waals surface area (Å²) in [7, 11) is 3.27. The van der Waals surface area contributed by atoms with Crippen molar-refractivity contribution in [2.24, 2.45) is 0 Å². The SMILES string of the molecule is COCCCNC(=O)Nc1ccccc1COC. The van der Waals surface area contributed by atoms with Gasteiger partial charge in [0, 0.05) is 38.6 Å². The standard InChI is InChI=1S/C13H20N2O3/c1-17-9-5-8-14-13(16)15-12-7-4-3-6-11(12)10-18-2/h3-4,6-7H,5,8-10H2,1-2H3,(H2,14,15,16). The van der Waals surface area contributed by atoms with E-state index in [0.29, 0.717) is 19.8 Å². The fraction of sp³-hybridized carbons (Fsp3) is 0.462. The van der Waals surface area contributed by atoms with Crippen molar-refractivity contribution in [3.8, 4) is 0 Å². The minimum Gasteiger partial charge on any atom is -0.385 e. The minimum atomic E-state index is -0.213. The van der Waals surface area contributed by atoms with Crippen molar-refractivity contribution in [2.45, 2.75) is 13.0 Å². The monoisotopic (exact) mass is 252 g/mol. The van der Waals surface area contributed by atoms with Gasteiger partial charge in [-0.25, -0.2) is 4.79 Å². The molecule has 0 saturated carbocycles. The summed E-state index contributed by atoms with van der Waals surface area (Å²) in [6.45, 7) is 1.70. The maximum Gasteiger partial charge on any atom is 0.319 e. The molecule has 0 aromatic heterocycles. The summed E-state index contributed by atoms with van der Waals surface area (Å²) in [6, 6.07) is 7.35. The third-order valence-electron chi connectivity index (χ3n) is 2.38. The van der Waals surface area contributed by atoms with Gasteiger partial charge < -0.3 is 20.1 Å². The first-order valence-corrected chi connectivity index (χ1v) is 5.88. The van der Waals surface area contributed by atoms with Crippen molar-refractivity contribution in [3.63, 3.8) is 0 Å². The summed E-state index contributed by atoms with van der Waals surface area (Å²) in [5, 5.41) is 5.57. The van der Waals surface area contributed by atoms with Crippen molar-refractivity contribution in [1.82, 2.24) is 5.32 Å². The Hall–Kier alpha value is -1.59. The molecule has 0 atom stereocenters. The molecular formula is C13H20N2O3. The van der Waals surface area contributed by atoms with Crippen LogP contribution in [0.3, 0.4) is 0 Å². The molecular weight excluding hydrogens is 232 g/mol. The molecule has 0 saturated heterocycles. The van der Waals surface area contributed by atoms with Crippen LogP contribution in [0.4, 0.5) is 10.5 Å². The maximum atomic E-state index is 11.6. The van der Waals surface area contributed by atoms with Gasteiger partial charge in [0.05, 0.1) is 6.61 Å². The Morgan fingerprint density at radius 3 is 2.72 bits per heavy atom. The van der Waals surface area contributed by atoms with E-state index >= 15 is 0 Å². The average Bonchev–Trinajstić information content (AvgIpc) is 2.37. The third-order valence-corrected chi connectivity index (χ3v) is 2.38. The van der Waals surface area contributed by atoms with Gasteiger partial charge in [0.1, 0.15) is 0 Å². The molecule has 0 aliphatic rings. The van der Waals surface area contributed by atoms with Crippen LogP contribution in [0.15, 0.2) is 24.3 Å². The number of methoxy groups -OCH3 is 2. The first-order chi connectivity index (χ1) is 8.77. The minimum absolute atomic E-state index is 0.213. The summed E-state index contributed by atoms with van der Waals surface area (Å²) in [5.41, 5.74) is 1.72. The predicted molar refractivity (Wildman–Crippen MR) is 70.7 cm³/mol. The lowest BCUT2D eigenvalue weighted by Gasteiger charge is -2.11. The zero-order valence-corrected chi connectivity index (χ0v) is 10.9. The highest BCUT2D eigenvalue weighted by atomic mass is 16.5. The first kappa shape index (κ1) is 14.5. The van der Waals surface area contributed by atoms with E-state index < -0.39 is 0 Å². The van der Waals surface area contributed by atoms with Crippen LogP contribution in [-0.4, -0.2) is 33.4 Å². The van der Waals surface area contributed by atoms with E-state index in [1.54, 1.807) is 14.2 Å². The molecule has 0 aliphatic heterocycles. The third kappa shape index (κ3) is 5.16. The molecule has 2 N–H and O–H groups in total. The summed E-state index contributed by atoms with van der Waals surface area (Å²) in [6.07, 6.45) is 0.795. The molecule has 0 bridgehead atoms. The van der Waals surface area contributed by atoms with E-state index in [2.05, 4.69) is 10.6 Å². The Kier molecular flexibility index (Phi) is 6.83. The highest BCUT2D eigenvalue weighted by Gasteiger charge is 2.05. The topological polar surface area (TPSA) is 59.6 Å². The number of amides is 2. The van der Waals surface area contributed by atoms with Gasteiger partial charge in [-0.2, -0.15) is 0 Å². The molecule has 1 aromatic carbocycles. The van der Waals surface area contributed by atoms with Crippen LogP contribution in [0, 0.1) is 0 Å². The van der Waals surface area contributed by atoms with Gasteiger partial charge in [-0.15, -0.1) is 0 Å². The number of nitrogens with one attached hydrogen (secondary N) is 2. The second kappa shape index (κ2) is 8.49.